The van der Waals surface area contributed by atoms with Gasteiger partial charge < -0.3 is 5.11 Å². The molecule has 0 bridgehead atoms. The van der Waals surface area contributed by atoms with E-state index in [-0.39, 0.29) is 11.7 Å². The molecule has 0 aliphatic rings. The van der Waals surface area contributed by atoms with Gasteiger partial charge in [-0.25, -0.2) is 0 Å². The molecule has 0 aromatic heterocycles. The Bertz CT molecular complexity index is 119. The number of carbonyl (C=O) groups excluding carboxylic acids is 1. The summed E-state index contributed by atoms with van der Waals surface area (Å²) in [6.07, 6.45) is 1.85. The summed E-state index contributed by atoms with van der Waals surface area (Å²) in [6, 6.07) is 0. The Labute approximate surface area is 68.6 Å². The van der Waals surface area contributed by atoms with Crippen LogP contribution in [0.25, 0.3) is 0 Å². The van der Waals surface area contributed by atoms with Crippen molar-refractivity contribution in [3.63, 3.8) is 0 Å². The molecule has 0 saturated heterocycles. The van der Waals surface area contributed by atoms with E-state index >= 15 is 0 Å². The number of Topliss-reactive ketones (excluding diaryl/α,β-unsaturated/α-hetero) is 1. The molecule has 1 N–H and O–H groups in total. The van der Waals surface area contributed by atoms with E-state index in [1.165, 1.54) is 0 Å². The van der Waals surface area contributed by atoms with Gasteiger partial charge >= 0.3 is 0 Å². The second-order valence-electron chi connectivity index (χ2n) is 3.22. The summed E-state index contributed by atoms with van der Waals surface area (Å²) in [5.74, 6) is -0.0692. The molecule has 0 radical (unpaired) electrons. The average Bonchev–Trinajstić information content (AvgIpc) is 1.98. The normalized spacial score (nSPS) is 13.5. The predicted octanol–water partition coefficient (Wildman–Crippen LogP) is 1.76. The first-order valence-corrected chi connectivity index (χ1v) is 4.31. The number of aliphatic hydroxyl groups is 1. The van der Waals surface area contributed by atoms with Crippen molar-refractivity contribution in [2.75, 3.05) is 0 Å². The summed E-state index contributed by atoms with van der Waals surface area (Å²) < 4.78 is 0. The second kappa shape index (κ2) is 5.30. The average molecular weight is 158 g/mol. The number of hydrogen-bond acceptors (Lipinski definition) is 2. The molecule has 0 fully saturated rings. The molecule has 0 spiro atoms. The molecule has 2 heteroatoms. The molecule has 0 saturated carbocycles. The predicted molar refractivity (Wildman–Crippen MR) is 45.4 cm³/mol. The van der Waals surface area contributed by atoms with E-state index in [4.69, 9.17) is 0 Å². The van der Waals surface area contributed by atoms with Crippen molar-refractivity contribution in [2.24, 2.45) is 5.92 Å². The van der Waals surface area contributed by atoms with Crippen LogP contribution < -0.4 is 0 Å². The van der Waals surface area contributed by atoms with E-state index in [0.717, 1.165) is 12.8 Å². The van der Waals surface area contributed by atoms with E-state index in [0.29, 0.717) is 6.42 Å². The SMILES string of the molecule is CCCC[C@@H](O)C(=O)C(C)C. The van der Waals surface area contributed by atoms with Crippen LogP contribution in [0.1, 0.15) is 40.0 Å². The third kappa shape index (κ3) is 4.14. The van der Waals surface area contributed by atoms with Gasteiger partial charge in [0.1, 0.15) is 6.10 Å². The largest absolute Gasteiger partial charge is 0.385 e. The number of rotatable bonds is 5. The minimum Gasteiger partial charge on any atom is -0.385 e. The van der Waals surface area contributed by atoms with Crippen molar-refractivity contribution < 1.29 is 9.90 Å². The summed E-state index contributed by atoms with van der Waals surface area (Å²) in [7, 11) is 0. The standard InChI is InChI=1S/C9H18O2/c1-4-5-6-8(10)9(11)7(2)3/h7-8,10H,4-6H2,1-3H3/t8-/m1/s1. The number of unbranched alkanes of at least 4 members (excludes halogenated alkanes) is 1. The Balaban J connectivity index is 3.64. The Morgan fingerprint density at radius 3 is 2.36 bits per heavy atom. The first kappa shape index (κ1) is 10.6. The Hall–Kier alpha value is -0.370. The van der Waals surface area contributed by atoms with Crippen LogP contribution >= 0.6 is 0 Å². The maximum atomic E-state index is 11.1. The minimum atomic E-state index is -0.727. The van der Waals surface area contributed by atoms with Crippen LogP contribution in [0.2, 0.25) is 0 Å². The molecule has 0 amide bonds. The highest BCUT2D eigenvalue weighted by molar-refractivity contribution is 5.84. The smallest absolute Gasteiger partial charge is 0.163 e. The van der Waals surface area contributed by atoms with Crippen LogP contribution in [0.5, 0.6) is 0 Å². The zero-order chi connectivity index (χ0) is 8.85. The molecular formula is C9H18O2. The van der Waals surface area contributed by atoms with Gasteiger partial charge in [-0.2, -0.15) is 0 Å². The van der Waals surface area contributed by atoms with E-state index in [1.807, 2.05) is 20.8 Å². The van der Waals surface area contributed by atoms with Crippen LogP contribution in [0, 0.1) is 5.92 Å². The molecule has 0 aromatic rings. The molecule has 66 valence electrons. The van der Waals surface area contributed by atoms with Crippen LogP contribution in [-0.2, 0) is 4.79 Å². The Morgan fingerprint density at radius 2 is 2.00 bits per heavy atom. The van der Waals surface area contributed by atoms with Crippen LogP contribution in [0.4, 0.5) is 0 Å². The van der Waals surface area contributed by atoms with Crippen molar-refractivity contribution in [3.05, 3.63) is 0 Å². The summed E-state index contributed by atoms with van der Waals surface area (Å²) >= 11 is 0. The lowest BCUT2D eigenvalue weighted by atomic mass is 10.0. The molecule has 0 rings (SSSR count). The van der Waals surface area contributed by atoms with Gasteiger partial charge in [-0.15, -0.1) is 0 Å². The van der Waals surface area contributed by atoms with Gasteiger partial charge in [-0.1, -0.05) is 33.6 Å². The summed E-state index contributed by atoms with van der Waals surface area (Å²) in [5, 5.41) is 9.27. The number of carbonyl (C=O) groups is 1. The van der Waals surface area contributed by atoms with Gasteiger partial charge in [0.05, 0.1) is 0 Å². The molecular weight excluding hydrogens is 140 g/mol. The number of ketones is 1. The van der Waals surface area contributed by atoms with E-state index in [2.05, 4.69) is 0 Å². The van der Waals surface area contributed by atoms with E-state index < -0.39 is 6.10 Å². The topological polar surface area (TPSA) is 37.3 Å². The fraction of sp³-hybridized carbons (Fsp3) is 0.889. The van der Waals surface area contributed by atoms with Crippen LogP contribution in [-0.4, -0.2) is 17.0 Å². The third-order valence-electron chi connectivity index (χ3n) is 1.73. The molecule has 0 aromatic carbocycles. The van der Waals surface area contributed by atoms with Crippen molar-refractivity contribution in [3.8, 4) is 0 Å². The van der Waals surface area contributed by atoms with Gasteiger partial charge in [-0.3, -0.25) is 4.79 Å². The van der Waals surface area contributed by atoms with Crippen molar-refractivity contribution in [1.82, 2.24) is 0 Å². The van der Waals surface area contributed by atoms with Crippen molar-refractivity contribution in [1.29, 1.82) is 0 Å². The van der Waals surface area contributed by atoms with Gasteiger partial charge in [0.2, 0.25) is 0 Å². The van der Waals surface area contributed by atoms with E-state index in [1.54, 1.807) is 0 Å². The van der Waals surface area contributed by atoms with Crippen LogP contribution in [0.15, 0.2) is 0 Å². The monoisotopic (exact) mass is 158 g/mol. The maximum Gasteiger partial charge on any atom is 0.163 e. The fourth-order valence-electron chi connectivity index (χ4n) is 0.925. The highest BCUT2D eigenvalue weighted by Gasteiger charge is 2.16. The molecule has 0 unspecified atom stereocenters. The molecule has 1 atom stereocenters. The summed E-state index contributed by atoms with van der Waals surface area (Å²) in [6.45, 7) is 5.68. The zero-order valence-electron chi connectivity index (χ0n) is 7.63. The lowest BCUT2D eigenvalue weighted by Gasteiger charge is -2.10. The third-order valence-corrected chi connectivity index (χ3v) is 1.73. The molecule has 11 heavy (non-hydrogen) atoms. The van der Waals surface area contributed by atoms with Crippen molar-refractivity contribution in [2.45, 2.75) is 46.1 Å². The molecule has 0 aliphatic heterocycles. The van der Waals surface area contributed by atoms with E-state index in [9.17, 15) is 9.90 Å². The minimum absolute atomic E-state index is 0.0292. The second-order valence-corrected chi connectivity index (χ2v) is 3.22. The highest BCUT2D eigenvalue weighted by Crippen LogP contribution is 2.06. The van der Waals surface area contributed by atoms with Gasteiger partial charge in [-0.05, 0) is 6.42 Å². The lowest BCUT2D eigenvalue weighted by molar-refractivity contribution is -0.130. The van der Waals surface area contributed by atoms with Crippen LogP contribution in [0.3, 0.4) is 0 Å². The zero-order valence-corrected chi connectivity index (χ0v) is 7.63. The number of hydrogen-bond donors (Lipinski definition) is 1. The van der Waals surface area contributed by atoms with Crippen molar-refractivity contribution >= 4 is 5.78 Å². The van der Waals surface area contributed by atoms with Gasteiger partial charge in [0, 0.05) is 5.92 Å². The summed E-state index contributed by atoms with van der Waals surface area (Å²) in [5.41, 5.74) is 0. The maximum absolute atomic E-state index is 11.1. The Kier molecular flexibility index (Phi) is 5.12. The van der Waals surface area contributed by atoms with Gasteiger partial charge in [0.15, 0.2) is 5.78 Å². The first-order chi connectivity index (χ1) is 5.09. The fourth-order valence-corrected chi connectivity index (χ4v) is 0.925. The number of aliphatic hydroxyl groups excluding tert-OH is 1. The molecule has 2 nitrogen and oxygen atoms in total. The molecule has 0 heterocycles. The van der Waals surface area contributed by atoms with Gasteiger partial charge in [0.25, 0.3) is 0 Å². The highest BCUT2D eigenvalue weighted by atomic mass is 16.3. The lowest BCUT2D eigenvalue weighted by Crippen LogP contribution is -2.24. The summed E-state index contributed by atoms with van der Waals surface area (Å²) in [4.78, 5) is 11.1. The molecule has 0 aliphatic carbocycles. The Morgan fingerprint density at radius 1 is 1.45 bits per heavy atom. The first-order valence-electron chi connectivity index (χ1n) is 4.31. The quantitative estimate of drug-likeness (QED) is 0.662.